The van der Waals surface area contributed by atoms with Crippen molar-refractivity contribution in [3.63, 3.8) is 0 Å². The molecule has 5 aromatic rings. The van der Waals surface area contributed by atoms with Gasteiger partial charge in [0.1, 0.15) is 6.17 Å². The Balaban J connectivity index is 1.25. The number of benzene rings is 1. The van der Waals surface area contributed by atoms with E-state index in [9.17, 15) is 9.18 Å². The van der Waals surface area contributed by atoms with Crippen molar-refractivity contribution in [2.45, 2.75) is 32.0 Å². The molecule has 4 aromatic heterocycles. The lowest BCUT2D eigenvalue weighted by Gasteiger charge is -2.09. The maximum Gasteiger partial charge on any atom is 0.259 e. The molecule has 0 saturated heterocycles. The molecule has 1 aromatic carbocycles. The fourth-order valence-corrected chi connectivity index (χ4v) is 4.16. The van der Waals surface area contributed by atoms with Crippen LogP contribution in [0.5, 0.6) is 0 Å². The Labute approximate surface area is 211 Å². The average Bonchev–Trinajstić information content (AvgIpc) is 3.34. The highest BCUT2D eigenvalue weighted by Gasteiger charge is 2.43. The summed E-state index contributed by atoms with van der Waals surface area (Å²) >= 11 is 0. The van der Waals surface area contributed by atoms with Crippen molar-refractivity contribution in [1.82, 2.24) is 29.5 Å². The van der Waals surface area contributed by atoms with E-state index in [-0.39, 0.29) is 11.8 Å². The van der Waals surface area contributed by atoms with Crippen LogP contribution in [-0.4, -0.2) is 55.3 Å². The van der Waals surface area contributed by atoms with Crippen molar-refractivity contribution >= 4 is 17.1 Å². The third kappa shape index (κ3) is 4.49. The molecule has 1 aliphatic rings. The number of carbonyl (C=O) groups excluding carboxylic acids is 1. The number of halogens is 1. The second-order valence-corrected chi connectivity index (χ2v) is 9.09. The third-order valence-electron chi connectivity index (χ3n) is 6.47. The SMILES string of the molecule is COCCn1cc(-c2ccn3ncc(C(=O)Nc4cc(-c5noc([C@H]6C[C@@H]6F)n5)ccc4C)c3c2)cn1. The van der Waals surface area contributed by atoms with Gasteiger partial charge >= 0.3 is 0 Å². The number of aromatic nitrogens is 6. The van der Waals surface area contributed by atoms with E-state index in [1.165, 1.54) is 0 Å². The number of methoxy groups -OCH3 is 1. The number of rotatable bonds is 8. The summed E-state index contributed by atoms with van der Waals surface area (Å²) in [6, 6.07) is 9.34. The van der Waals surface area contributed by atoms with Crippen LogP contribution >= 0.6 is 0 Å². The first-order valence-electron chi connectivity index (χ1n) is 11.9. The molecule has 2 atom stereocenters. The minimum absolute atomic E-state index is 0.296. The van der Waals surface area contributed by atoms with Gasteiger partial charge < -0.3 is 14.6 Å². The number of amides is 1. The predicted molar refractivity (Wildman–Crippen MR) is 133 cm³/mol. The lowest BCUT2D eigenvalue weighted by Crippen LogP contribution is -2.12. The molecule has 0 bridgehead atoms. The summed E-state index contributed by atoms with van der Waals surface area (Å²) in [6.07, 6.45) is 6.58. The molecular formula is C26H24FN7O3. The van der Waals surface area contributed by atoms with Gasteiger partial charge in [0.15, 0.2) is 0 Å². The van der Waals surface area contributed by atoms with Gasteiger partial charge in [-0.1, -0.05) is 17.3 Å². The Morgan fingerprint density at radius 1 is 1.19 bits per heavy atom. The molecule has 0 spiro atoms. The van der Waals surface area contributed by atoms with Crippen LogP contribution in [0.1, 0.15) is 34.2 Å². The maximum absolute atomic E-state index is 13.4. The van der Waals surface area contributed by atoms with E-state index < -0.39 is 6.17 Å². The number of hydrogen-bond acceptors (Lipinski definition) is 7. The van der Waals surface area contributed by atoms with Crippen molar-refractivity contribution in [3.8, 4) is 22.5 Å². The van der Waals surface area contributed by atoms with Crippen LogP contribution in [0.25, 0.3) is 28.0 Å². The van der Waals surface area contributed by atoms with Crippen LogP contribution < -0.4 is 5.32 Å². The van der Waals surface area contributed by atoms with Crippen LogP contribution in [0.4, 0.5) is 10.1 Å². The molecule has 1 fully saturated rings. The molecule has 188 valence electrons. The molecule has 0 aliphatic heterocycles. The van der Waals surface area contributed by atoms with E-state index in [1.54, 1.807) is 30.1 Å². The molecule has 4 heterocycles. The number of anilines is 1. The Morgan fingerprint density at radius 2 is 2.05 bits per heavy atom. The average molecular weight is 502 g/mol. The number of alkyl halides is 1. The summed E-state index contributed by atoms with van der Waals surface area (Å²) in [5.74, 6) is 0.0534. The highest BCUT2D eigenvalue weighted by atomic mass is 19.1. The normalized spacial score (nSPS) is 16.8. The zero-order chi connectivity index (χ0) is 25.5. The summed E-state index contributed by atoms with van der Waals surface area (Å²) in [4.78, 5) is 17.6. The predicted octanol–water partition coefficient (Wildman–Crippen LogP) is 4.28. The molecule has 0 unspecified atom stereocenters. The summed E-state index contributed by atoms with van der Waals surface area (Å²) < 4.78 is 27.2. The zero-order valence-electron chi connectivity index (χ0n) is 20.3. The van der Waals surface area contributed by atoms with Crippen molar-refractivity contribution in [2.24, 2.45) is 0 Å². The lowest BCUT2D eigenvalue weighted by molar-refractivity contribution is 0.102. The molecule has 11 heteroatoms. The summed E-state index contributed by atoms with van der Waals surface area (Å²) in [7, 11) is 1.65. The van der Waals surface area contributed by atoms with Gasteiger partial charge in [0.25, 0.3) is 5.91 Å². The lowest BCUT2D eigenvalue weighted by atomic mass is 10.1. The number of nitrogens with zero attached hydrogens (tertiary/aromatic N) is 6. The van der Waals surface area contributed by atoms with Gasteiger partial charge in [-0.15, -0.1) is 0 Å². The molecule has 1 N–H and O–H groups in total. The largest absolute Gasteiger partial charge is 0.383 e. The molecule has 37 heavy (non-hydrogen) atoms. The molecule has 0 radical (unpaired) electrons. The Hall–Kier alpha value is -4.38. The van der Waals surface area contributed by atoms with Crippen molar-refractivity contribution < 1.29 is 18.4 Å². The van der Waals surface area contributed by atoms with Crippen LogP contribution in [0.15, 0.2) is 59.6 Å². The minimum Gasteiger partial charge on any atom is -0.383 e. The number of carbonyl (C=O) groups is 1. The molecule has 1 aliphatic carbocycles. The Bertz CT molecular complexity index is 1600. The molecule has 1 amide bonds. The van der Waals surface area contributed by atoms with Gasteiger partial charge in [0.05, 0.1) is 42.5 Å². The monoisotopic (exact) mass is 501 g/mol. The maximum atomic E-state index is 13.4. The fraction of sp³-hybridized carbons (Fsp3) is 0.269. The smallest absolute Gasteiger partial charge is 0.259 e. The van der Waals surface area contributed by atoms with Crippen LogP contribution in [0, 0.1) is 6.92 Å². The van der Waals surface area contributed by atoms with E-state index >= 15 is 0 Å². The van der Waals surface area contributed by atoms with Gasteiger partial charge in [0, 0.05) is 36.3 Å². The van der Waals surface area contributed by atoms with Crippen LogP contribution in [0.2, 0.25) is 0 Å². The highest BCUT2D eigenvalue weighted by molar-refractivity contribution is 6.09. The third-order valence-corrected chi connectivity index (χ3v) is 6.47. The van der Waals surface area contributed by atoms with Crippen molar-refractivity contribution in [3.05, 3.63) is 72.1 Å². The number of hydrogen-bond donors (Lipinski definition) is 1. The van der Waals surface area contributed by atoms with E-state index in [1.807, 2.05) is 48.3 Å². The molecule has 1 saturated carbocycles. The van der Waals surface area contributed by atoms with Crippen molar-refractivity contribution in [2.75, 3.05) is 19.0 Å². The first-order chi connectivity index (χ1) is 18.0. The molecular weight excluding hydrogens is 477 g/mol. The topological polar surface area (TPSA) is 112 Å². The fourth-order valence-electron chi connectivity index (χ4n) is 4.16. The number of ether oxygens (including phenoxy) is 1. The van der Waals surface area contributed by atoms with E-state index in [4.69, 9.17) is 9.26 Å². The highest BCUT2D eigenvalue weighted by Crippen LogP contribution is 2.43. The van der Waals surface area contributed by atoms with Crippen LogP contribution in [-0.2, 0) is 11.3 Å². The standard InChI is InChI=1S/C26H24FN7O3/c1-15-3-4-17(24-31-26(37-32-24)19-11-21(19)27)9-22(15)30-25(35)20-13-29-34-6-5-16(10-23(20)34)18-12-28-33(14-18)7-8-36-2/h3-6,9-10,12-14,19,21H,7-8,11H2,1-2H3,(H,30,35)/t19-,21-/m0/s1. The Morgan fingerprint density at radius 3 is 2.86 bits per heavy atom. The second-order valence-electron chi connectivity index (χ2n) is 9.09. The number of nitrogens with one attached hydrogen (secondary N) is 1. The van der Waals surface area contributed by atoms with Gasteiger partial charge in [-0.05, 0) is 42.7 Å². The number of fused-ring (bicyclic) bond motifs is 1. The summed E-state index contributed by atoms with van der Waals surface area (Å²) in [5, 5.41) is 15.7. The van der Waals surface area contributed by atoms with Crippen LogP contribution in [0.3, 0.4) is 0 Å². The second kappa shape index (κ2) is 9.25. The van der Waals surface area contributed by atoms with E-state index in [2.05, 4.69) is 25.7 Å². The van der Waals surface area contributed by atoms with Gasteiger partial charge in [-0.2, -0.15) is 15.2 Å². The zero-order valence-corrected chi connectivity index (χ0v) is 20.3. The first-order valence-corrected chi connectivity index (χ1v) is 11.9. The first kappa shape index (κ1) is 23.0. The van der Waals surface area contributed by atoms with Gasteiger partial charge in [0.2, 0.25) is 11.7 Å². The Kier molecular flexibility index (Phi) is 5.76. The van der Waals surface area contributed by atoms with E-state index in [0.717, 1.165) is 16.7 Å². The minimum atomic E-state index is -0.917. The van der Waals surface area contributed by atoms with Crippen molar-refractivity contribution in [1.29, 1.82) is 0 Å². The van der Waals surface area contributed by atoms with Gasteiger partial charge in [-0.25, -0.2) is 8.91 Å². The van der Waals surface area contributed by atoms with E-state index in [0.29, 0.717) is 53.6 Å². The summed E-state index contributed by atoms with van der Waals surface area (Å²) in [6.45, 7) is 3.12. The number of pyridine rings is 1. The summed E-state index contributed by atoms with van der Waals surface area (Å²) in [5.41, 5.74) is 5.09. The van der Waals surface area contributed by atoms with Gasteiger partial charge in [-0.3, -0.25) is 9.48 Å². The molecule has 6 rings (SSSR count). The quantitative estimate of drug-likeness (QED) is 0.338. The number of aryl methyl sites for hydroxylation is 1. The molecule has 10 nitrogen and oxygen atoms in total.